The summed E-state index contributed by atoms with van der Waals surface area (Å²) in [5, 5.41) is 0. The highest BCUT2D eigenvalue weighted by molar-refractivity contribution is 9.11. The van der Waals surface area contributed by atoms with Gasteiger partial charge in [0.25, 0.3) is 0 Å². The first-order valence-corrected chi connectivity index (χ1v) is 6.69. The van der Waals surface area contributed by atoms with E-state index in [1.54, 1.807) is 24.5 Å². The summed E-state index contributed by atoms with van der Waals surface area (Å²) in [7, 11) is 0. The van der Waals surface area contributed by atoms with Crippen LogP contribution in [-0.4, -0.2) is 17.4 Å². The number of carbonyl (C=O) groups excluding carboxylic acids is 1. The van der Waals surface area contributed by atoms with E-state index in [9.17, 15) is 4.79 Å². The van der Waals surface area contributed by atoms with Crippen LogP contribution in [0.4, 0.5) is 0 Å². The van der Waals surface area contributed by atoms with Crippen LogP contribution >= 0.6 is 27.3 Å². The molecule has 0 aromatic carbocycles. The number of halogens is 1. The minimum atomic E-state index is -0.0326. The third-order valence-corrected chi connectivity index (χ3v) is 3.71. The number of aromatic nitrogens is 1. The van der Waals surface area contributed by atoms with Crippen LogP contribution in [0.1, 0.15) is 22.2 Å². The van der Waals surface area contributed by atoms with Gasteiger partial charge in [0, 0.05) is 11.8 Å². The highest BCUT2D eigenvalue weighted by Gasteiger charge is 2.12. The van der Waals surface area contributed by atoms with Crippen molar-refractivity contribution in [2.24, 2.45) is 0 Å². The van der Waals surface area contributed by atoms with E-state index in [0.29, 0.717) is 22.8 Å². The Morgan fingerprint density at radius 3 is 2.94 bits per heavy atom. The summed E-state index contributed by atoms with van der Waals surface area (Å²) in [6, 6.07) is 5.37. The highest BCUT2D eigenvalue weighted by Crippen LogP contribution is 2.25. The van der Waals surface area contributed by atoms with E-state index in [0.717, 1.165) is 3.79 Å². The van der Waals surface area contributed by atoms with Crippen LogP contribution in [-0.2, 0) is 0 Å². The number of ether oxygens (including phenoxy) is 1. The first-order chi connectivity index (χ1) is 8.20. The predicted octanol–water partition coefficient (Wildman–Crippen LogP) is 3.54. The fraction of sp³-hybridized carbons (Fsp3) is 0.167. The zero-order valence-electron chi connectivity index (χ0n) is 9.14. The Kier molecular flexibility index (Phi) is 3.91. The molecule has 5 heteroatoms. The lowest BCUT2D eigenvalue weighted by Crippen LogP contribution is -2.01. The molecule has 2 rings (SSSR count). The van der Waals surface area contributed by atoms with Crippen LogP contribution in [0.15, 0.2) is 34.4 Å². The molecule has 0 bridgehead atoms. The van der Waals surface area contributed by atoms with E-state index in [4.69, 9.17) is 4.74 Å². The molecule has 2 aromatic heterocycles. The third-order valence-electron chi connectivity index (χ3n) is 2.08. The molecule has 2 heterocycles. The highest BCUT2D eigenvalue weighted by atomic mass is 79.9. The Morgan fingerprint density at radius 1 is 1.47 bits per heavy atom. The van der Waals surface area contributed by atoms with Crippen molar-refractivity contribution in [2.75, 3.05) is 6.61 Å². The van der Waals surface area contributed by atoms with E-state index >= 15 is 0 Å². The molecule has 0 aliphatic carbocycles. The zero-order valence-corrected chi connectivity index (χ0v) is 11.5. The largest absolute Gasteiger partial charge is 0.492 e. The van der Waals surface area contributed by atoms with Crippen molar-refractivity contribution in [2.45, 2.75) is 6.92 Å². The topological polar surface area (TPSA) is 39.2 Å². The SMILES string of the molecule is CCOc1cncc(C(=O)c2ccc(Br)s2)c1. The first-order valence-electron chi connectivity index (χ1n) is 5.08. The van der Waals surface area contributed by atoms with Crippen molar-refractivity contribution in [3.05, 3.63) is 44.8 Å². The zero-order chi connectivity index (χ0) is 12.3. The van der Waals surface area contributed by atoms with Crippen LogP contribution in [0.2, 0.25) is 0 Å². The minimum Gasteiger partial charge on any atom is -0.492 e. The fourth-order valence-electron chi connectivity index (χ4n) is 1.37. The van der Waals surface area contributed by atoms with Crippen LogP contribution in [0.25, 0.3) is 0 Å². The first kappa shape index (κ1) is 12.3. The molecule has 0 unspecified atom stereocenters. The molecule has 0 aliphatic heterocycles. The second-order valence-corrected chi connectivity index (χ2v) is 5.74. The molecule has 0 aliphatic rings. The van der Waals surface area contributed by atoms with Gasteiger partial charge in [-0.3, -0.25) is 9.78 Å². The summed E-state index contributed by atoms with van der Waals surface area (Å²) in [5.41, 5.74) is 0.547. The molecule has 2 aromatic rings. The number of hydrogen-bond donors (Lipinski definition) is 0. The van der Waals surface area contributed by atoms with E-state index in [2.05, 4.69) is 20.9 Å². The number of hydrogen-bond acceptors (Lipinski definition) is 4. The molecule has 88 valence electrons. The van der Waals surface area contributed by atoms with Crippen molar-refractivity contribution >= 4 is 33.0 Å². The lowest BCUT2D eigenvalue weighted by molar-refractivity contribution is 0.104. The molecule has 0 radical (unpaired) electrons. The van der Waals surface area contributed by atoms with Crippen LogP contribution in [0, 0.1) is 0 Å². The third kappa shape index (κ3) is 2.92. The lowest BCUT2D eigenvalue weighted by atomic mass is 10.1. The number of pyridine rings is 1. The average Bonchev–Trinajstić information content (AvgIpc) is 2.76. The van der Waals surface area contributed by atoms with Crippen molar-refractivity contribution in [3.63, 3.8) is 0 Å². The number of ketones is 1. The summed E-state index contributed by atoms with van der Waals surface area (Å²) in [6.07, 6.45) is 3.16. The van der Waals surface area contributed by atoms with Crippen molar-refractivity contribution < 1.29 is 9.53 Å². The fourth-order valence-corrected chi connectivity index (χ4v) is 2.72. The van der Waals surface area contributed by atoms with Gasteiger partial charge in [-0.25, -0.2) is 0 Å². The second kappa shape index (κ2) is 5.42. The molecule has 0 amide bonds. The van der Waals surface area contributed by atoms with Gasteiger partial charge >= 0.3 is 0 Å². The molecule has 0 fully saturated rings. The van der Waals surface area contributed by atoms with Gasteiger partial charge in [0.15, 0.2) is 0 Å². The summed E-state index contributed by atoms with van der Waals surface area (Å²) in [6.45, 7) is 2.45. The monoisotopic (exact) mass is 311 g/mol. The van der Waals surface area contributed by atoms with Gasteiger partial charge in [-0.05, 0) is 41.1 Å². The maximum atomic E-state index is 12.1. The smallest absolute Gasteiger partial charge is 0.204 e. The maximum absolute atomic E-state index is 12.1. The van der Waals surface area contributed by atoms with E-state index in [-0.39, 0.29) is 5.78 Å². The van der Waals surface area contributed by atoms with E-state index in [1.807, 2.05) is 13.0 Å². The Morgan fingerprint density at radius 2 is 2.29 bits per heavy atom. The van der Waals surface area contributed by atoms with Gasteiger partial charge in [-0.15, -0.1) is 11.3 Å². The Hall–Kier alpha value is -1.20. The Balaban J connectivity index is 2.27. The van der Waals surface area contributed by atoms with Crippen molar-refractivity contribution in [3.8, 4) is 5.75 Å². The van der Waals surface area contributed by atoms with Crippen molar-refractivity contribution in [1.82, 2.24) is 4.98 Å². The van der Waals surface area contributed by atoms with Gasteiger partial charge < -0.3 is 4.74 Å². The normalized spacial score (nSPS) is 10.2. The lowest BCUT2D eigenvalue weighted by Gasteiger charge is -2.03. The summed E-state index contributed by atoms with van der Waals surface area (Å²) < 4.78 is 6.26. The predicted molar refractivity (Wildman–Crippen MR) is 70.9 cm³/mol. The standard InChI is InChI=1S/C12H10BrNO2S/c1-2-16-9-5-8(6-14-7-9)12(15)10-3-4-11(13)17-10/h3-7H,2H2,1H3. The number of thiophene rings is 1. The van der Waals surface area contributed by atoms with Gasteiger partial charge in [-0.1, -0.05) is 0 Å². The van der Waals surface area contributed by atoms with Crippen molar-refractivity contribution in [1.29, 1.82) is 0 Å². The van der Waals surface area contributed by atoms with Crippen LogP contribution in [0.3, 0.4) is 0 Å². The average molecular weight is 312 g/mol. The van der Waals surface area contributed by atoms with Crippen LogP contribution in [0.5, 0.6) is 5.75 Å². The second-order valence-electron chi connectivity index (χ2n) is 3.28. The van der Waals surface area contributed by atoms with Gasteiger partial charge in [0.05, 0.1) is 21.5 Å². The maximum Gasteiger partial charge on any atom is 0.204 e. The minimum absolute atomic E-state index is 0.0326. The summed E-state index contributed by atoms with van der Waals surface area (Å²) >= 11 is 4.75. The molecule has 3 nitrogen and oxygen atoms in total. The van der Waals surface area contributed by atoms with E-state index in [1.165, 1.54) is 11.3 Å². The molecule has 0 spiro atoms. The molecular weight excluding hydrogens is 302 g/mol. The van der Waals surface area contributed by atoms with Gasteiger partial charge in [0.1, 0.15) is 5.75 Å². The van der Waals surface area contributed by atoms with Gasteiger partial charge in [-0.2, -0.15) is 0 Å². The Bertz CT molecular complexity index is 539. The Labute approximate surface area is 112 Å². The number of rotatable bonds is 4. The molecule has 0 N–H and O–H groups in total. The van der Waals surface area contributed by atoms with E-state index < -0.39 is 0 Å². The quantitative estimate of drug-likeness (QED) is 0.811. The molecular formula is C12H10BrNO2S. The summed E-state index contributed by atoms with van der Waals surface area (Å²) in [5.74, 6) is 0.587. The van der Waals surface area contributed by atoms with Crippen LogP contribution < -0.4 is 4.74 Å². The molecule has 0 saturated heterocycles. The molecule has 0 atom stereocenters. The molecule has 0 saturated carbocycles. The number of carbonyl (C=O) groups is 1. The summed E-state index contributed by atoms with van der Waals surface area (Å²) in [4.78, 5) is 16.8. The number of nitrogens with zero attached hydrogens (tertiary/aromatic N) is 1. The molecule has 17 heavy (non-hydrogen) atoms. The van der Waals surface area contributed by atoms with Gasteiger partial charge in [0.2, 0.25) is 5.78 Å².